The highest BCUT2D eigenvalue weighted by molar-refractivity contribution is 9.10. The van der Waals surface area contributed by atoms with Crippen LogP contribution in [0.3, 0.4) is 0 Å². The van der Waals surface area contributed by atoms with E-state index in [0.717, 1.165) is 12.8 Å². The first-order chi connectivity index (χ1) is 9.56. The van der Waals surface area contributed by atoms with E-state index in [-0.39, 0.29) is 21.7 Å². The highest BCUT2D eigenvalue weighted by atomic mass is 79.9. The second-order valence-electron chi connectivity index (χ2n) is 4.65. The Morgan fingerprint density at radius 2 is 1.90 bits per heavy atom. The third-order valence-corrected chi connectivity index (χ3v) is 3.58. The third kappa shape index (κ3) is 5.36. The maximum atomic E-state index is 10.7. The lowest BCUT2D eigenvalue weighted by Gasteiger charge is -2.09. The molecular formula is C14H20BrNO4. The first-order valence-corrected chi connectivity index (χ1v) is 7.65. The number of benzene rings is 1. The van der Waals surface area contributed by atoms with E-state index >= 15 is 0 Å². The predicted octanol–water partition coefficient (Wildman–Crippen LogP) is 4.80. The zero-order valence-corrected chi connectivity index (χ0v) is 13.2. The number of unbranched alkanes of at least 4 members (excludes halogenated alkanes) is 5. The Kier molecular flexibility index (Phi) is 7.36. The standard InChI is InChI=1S/C14H20BrNO4/c1-2-3-4-5-6-7-8-20-13-10-11(16(18)19)9-12(15)14(13)17/h9-10,17H,2-8H2,1H3. The van der Waals surface area contributed by atoms with Gasteiger partial charge in [0, 0.05) is 6.07 Å². The highest BCUT2D eigenvalue weighted by Crippen LogP contribution is 2.38. The minimum absolute atomic E-state index is 0.0958. The molecule has 0 aromatic heterocycles. The summed E-state index contributed by atoms with van der Waals surface area (Å²) in [5, 5.41) is 20.5. The number of nitro benzene ring substituents is 1. The molecule has 0 aliphatic heterocycles. The molecule has 0 atom stereocenters. The smallest absolute Gasteiger partial charge is 0.274 e. The summed E-state index contributed by atoms with van der Waals surface area (Å²) in [7, 11) is 0. The molecule has 0 saturated carbocycles. The van der Waals surface area contributed by atoms with Crippen LogP contribution in [0.25, 0.3) is 0 Å². The van der Waals surface area contributed by atoms with Crippen LogP contribution in [0.1, 0.15) is 45.4 Å². The van der Waals surface area contributed by atoms with Crippen molar-refractivity contribution in [2.45, 2.75) is 45.4 Å². The van der Waals surface area contributed by atoms with Crippen molar-refractivity contribution in [1.29, 1.82) is 0 Å². The molecule has 0 aliphatic carbocycles. The Labute approximate surface area is 127 Å². The predicted molar refractivity (Wildman–Crippen MR) is 81.3 cm³/mol. The fraction of sp³-hybridized carbons (Fsp3) is 0.571. The maximum Gasteiger partial charge on any atom is 0.274 e. The molecule has 0 radical (unpaired) electrons. The number of hydrogen-bond acceptors (Lipinski definition) is 4. The van der Waals surface area contributed by atoms with Gasteiger partial charge in [0.1, 0.15) is 0 Å². The van der Waals surface area contributed by atoms with Crippen molar-refractivity contribution >= 4 is 21.6 Å². The molecule has 6 heteroatoms. The minimum atomic E-state index is -0.512. The quantitative estimate of drug-likeness (QED) is 0.396. The van der Waals surface area contributed by atoms with Crippen LogP contribution in [0.2, 0.25) is 0 Å². The number of rotatable bonds is 9. The topological polar surface area (TPSA) is 72.6 Å². The molecule has 0 spiro atoms. The Morgan fingerprint density at radius 3 is 2.55 bits per heavy atom. The monoisotopic (exact) mass is 345 g/mol. The van der Waals surface area contributed by atoms with E-state index in [9.17, 15) is 15.2 Å². The molecule has 0 amide bonds. The number of aromatic hydroxyl groups is 1. The van der Waals surface area contributed by atoms with Crippen molar-refractivity contribution in [1.82, 2.24) is 0 Å². The van der Waals surface area contributed by atoms with E-state index in [2.05, 4.69) is 22.9 Å². The second-order valence-corrected chi connectivity index (χ2v) is 5.50. The van der Waals surface area contributed by atoms with Crippen LogP contribution in [0.4, 0.5) is 5.69 Å². The van der Waals surface area contributed by atoms with Crippen molar-refractivity contribution in [2.24, 2.45) is 0 Å². The highest BCUT2D eigenvalue weighted by Gasteiger charge is 2.15. The largest absolute Gasteiger partial charge is 0.503 e. The van der Waals surface area contributed by atoms with Crippen LogP contribution in [-0.2, 0) is 0 Å². The van der Waals surface area contributed by atoms with Crippen LogP contribution in [0.15, 0.2) is 16.6 Å². The number of phenolic OH excluding ortho intramolecular Hbond substituents is 1. The zero-order valence-electron chi connectivity index (χ0n) is 11.6. The first kappa shape index (κ1) is 16.8. The first-order valence-electron chi connectivity index (χ1n) is 6.86. The van der Waals surface area contributed by atoms with Crippen LogP contribution in [-0.4, -0.2) is 16.6 Å². The van der Waals surface area contributed by atoms with Crippen LogP contribution in [0, 0.1) is 10.1 Å². The average molecular weight is 346 g/mol. The number of nitrogens with zero attached hydrogens (tertiary/aromatic N) is 1. The van der Waals surface area contributed by atoms with Crippen LogP contribution >= 0.6 is 15.9 Å². The van der Waals surface area contributed by atoms with Crippen molar-refractivity contribution in [3.05, 3.63) is 26.7 Å². The van der Waals surface area contributed by atoms with Crippen molar-refractivity contribution < 1.29 is 14.8 Å². The summed E-state index contributed by atoms with van der Waals surface area (Å²) in [6.07, 6.45) is 6.80. The molecule has 112 valence electrons. The van der Waals surface area contributed by atoms with Gasteiger partial charge in [0.15, 0.2) is 11.5 Å². The van der Waals surface area contributed by atoms with E-state index < -0.39 is 4.92 Å². The molecule has 0 bridgehead atoms. The molecule has 1 aromatic rings. The van der Waals surface area contributed by atoms with E-state index in [1.54, 1.807) is 0 Å². The Hall–Kier alpha value is -1.30. The fourth-order valence-electron chi connectivity index (χ4n) is 1.84. The van der Waals surface area contributed by atoms with Gasteiger partial charge >= 0.3 is 0 Å². The molecule has 0 heterocycles. The summed E-state index contributed by atoms with van der Waals surface area (Å²) in [5.74, 6) is 0.0567. The molecule has 0 aliphatic rings. The summed E-state index contributed by atoms with van der Waals surface area (Å²) < 4.78 is 5.70. The number of nitro groups is 1. The van der Waals surface area contributed by atoms with E-state index in [1.165, 1.54) is 37.8 Å². The second kappa shape index (κ2) is 8.79. The average Bonchev–Trinajstić information content (AvgIpc) is 2.41. The van der Waals surface area contributed by atoms with Gasteiger partial charge in [-0.15, -0.1) is 0 Å². The zero-order chi connectivity index (χ0) is 15.0. The van der Waals surface area contributed by atoms with Gasteiger partial charge in [-0.05, 0) is 22.4 Å². The van der Waals surface area contributed by atoms with Gasteiger partial charge in [0.25, 0.3) is 5.69 Å². The van der Waals surface area contributed by atoms with Gasteiger partial charge in [-0.1, -0.05) is 39.0 Å². The Bertz CT molecular complexity index is 451. The lowest BCUT2D eigenvalue weighted by Crippen LogP contribution is -1.99. The van der Waals surface area contributed by atoms with Crippen molar-refractivity contribution in [3.63, 3.8) is 0 Å². The number of halogens is 1. The number of phenols is 1. The summed E-state index contributed by atoms with van der Waals surface area (Å²) in [6, 6.07) is 2.50. The summed E-state index contributed by atoms with van der Waals surface area (Å²) in [6.45, 7) is 2.62. The SMILES string of the molecule is CCCCCCCCOc1cc([N+](=O)[O-])cc(Br)c1O. The normalized spacial score (nSPS) is 10.5. The van der Waals surface area contributed by atoms with Crippen LogP contribution in [0.5, 0.6) is 11.5 Å². The summed E-state index contributed by atoms with van der Waals surface area (Å²) in [5.41, 5.74) is -0.104. The number of non-ortho nitro benzene ring substituents is 1. The maximum absolute atomic E-state index is 10.7. The van der Waals surface area contributed by atoms with Gasteiger partial charge in [0.05, 0.1) is 22.1 Å². The molecule has 1 aromatic carbocycles. The Balaban J connectivity index is 2.45. The van der Waals surface area contributed by atoms with Gasteiger partial charge in [-0.3, -0.25) is 10.1 Å². The molecule has 0 saturated heterocycles. The van der Waals surface area contributed by atoms with E-state index in [0.29, 0.717) is 6.61 Å². The summed E-state index contributed by atoms with van der Waals surface area (Å²) >= 11 is 3.08. The lowest BCUT2D eigenvalue weighted by molar-refractivity contribution is -0.385. The number of ether oxygens (including phenoxy) is 1. The van der Waals surface area contributed by atoms with E-state index in [4.69, 9.17) is 4.74 Å². The van der Waals surface area contributed by atoms with Gasteiger partial charge < -0.3 is 9.84 Å². The minimum Gasteiger partial charge on any atom is -0.503 e. The molecular weight excluding hydrogens is 326 g/mol. The molecule has 1 N–H and O–H groups in total. The summed E-state index contributed by atoms with van der Waals surface area (Å²) in [4.78, 5) is 10.2. The van der Waals surface area contributed by atoms with Crippen LogP contribution < -0.4 is 4.74 Å². The Morgan fingerprint density at radius 1 is 1.25 bits per heavy atom. The van der Waals surface area contributed by atoms with Gasteiger partial charge in [-0.25, -0.2) is 0 Å². The molecule has 0 fully saturated rings. The van der Waals surface area contributed by atoms with E-state index in [1.807, 2.05) is 0 Å². The molecule has 20 heavy (non-hydrogen) atoms. The molecule has 0 unspecified atom stereocenters. The van der Waals surface area contributed by atoms with Crippen molar-refractivity contribution in [3.8, 4) is 11.5 Å². The fourth-order valence-corrected chi connectivity index (χ4v) is 2.27. The molecule has 1 rings (SSSR count). The van der Waals surface area contributed by atoms with Gasteiger partial charge in [0.2, 0.25) is 0 Å². The van der Waals surface area contributed by atoms with Crippen molar-refractivity contribution in [2.75, 3.05) is 6.61 Å². The molecule has 5 nitrogen and oxygen atoms in total. The lowest BCUT2D eigenvalue weighted by atomic mass is 10.1. The third-order valence-electron chi connectivity index (χ3n) is 2.98. The number of hydrogen-bond donors (Lipinski definition) is 1. The van der Waals surface area contributed by atoms with Gasteiger partial charge in [-0.2, -0.15) is 0 Å².